The minimum absolute atomic E-state index is 0.121. The quantitative estimate of drug-likeness (QED) is 0.617. The molecule has 0 aliphatic heterocycles. The van der Waals surface area contributed by atoms with E-state index in [-0.39, 0.29) is 5.82 Å². The Balaban J connectivity index is 1.74. The highest BCUT2D eigenvalue weighted by atomic mass is 19.2. The lowest BCUT2D eigenvalue weighted by molar-refractivity contribution is 0.102. The van der Waals surface area contributed by atoms with Crippen LogP contribution in [0.2, 0.25) is 0 Å². The number of benzene rings is 2. The molecule has 0 bridgehead atoms. The van der Waals surface area contributed by atoms with Gasteiger partial charge in [-0.25, -0.2) is 18.2 Å². The molecule has 2 aromatic carbocycles. The second-order valence-corrected chi connectivity index (χ2v) is 5.94. The molecule has 1 amide bonds. The summed E-state index contributed by atoms with van der Waals surface area (Å²) in [5, 5.41) is 5.48. The number of carbonyl (C=O) groups is 1. The van der Waals surface area contributed by atoms with E-state index in [1.54, 1.807) is 13.2 Å². The number of hydrogen-bond donors (Lipinski definition) is 2. The maximum atomic E-state index is 13.7. The predicted octanol–water partition coefficient (Wildman–Crippen LogP) is 4.81. The number of aryl methyl sites for hydroxylation is 1. The van der Waals surface area contributed by atoms with Crippen LogP contribution in [0.15, 0.2) is 48.7 Å². The number of nitrogens with one attached hydrogen (secondary N) is 2. The van der Waals surface area contributed by atoms with Gasteiger partial charge in [-0.2, -0.15) is 0 Å². The monoisotopic (exact) mass is 387 g/mol. The second-order valence-electron chi connectivity index (χ2n) is 5.94. The average Bonchev–Trinajstić information content (AvgIpc) is 2.68. The molecule has 0 saturated carbocycles. The van der Waals surface area contributed by atoms with Crippen molar-refractivity contribution in [3.63, 3.8) is 0 Å². The third-order valence-corrected chi connectivity index (χ3v) is 3.92. The molecule has 0 saturated heterocycles. The largest absolute Gasteiger partial charge is 0.495 e. The number of halogens is 3. The van der Waals surface area contributed by atoms with Crippen LogP contribution in [0, 0.1) is 24.4 Å². The van der Waals surface area contributed by atoms with Gasteiger partial charge in [0.2, 0.25) is 0 Å². The first-order valence-electron chi connectivity index (χ1n) is 8.21. The smallest absolute Gasteiger partial charge is 0.259 e. The lowest BCUT2D eigenvalue weighted by Gasteiger charge is -2.12. The Morgan fingerprint density at radius 1 is 1.04 bits per heavy atom. The van der Waals surface area contributed by atoms with Gasteiger partial charge in [-0.1, -0.05) is 6.07 Å². The van der Waals surface area contributed by atoms with Crippen LogP contribution in [-0.2, 0) is 0 Å². The SMILES string of the molecule is COc1ccc(C)cc1Nc1ccc(NC(=O)c2ccc(F)c(F)c2F)nc1. The minimum Gasteiger partial charge on any atom is -0.495 e. The highest BCUT2D eigenvalue weighted by molar-refractivity contribution is 6.04. The molecule has 0 aliphatic carbocycles. The second kappa shape index (κ2) is 7.99. The standard InChI is InChI=1S/C20H16F3N3O2/c1-11-3-7-16(28-2)15(9-11)25-12-4-8-17(24-10-12)26-20(27)13-5-6-14(21)19(23)18(13)22/h3-10,25H,1-2H3,(H,24,26,27). The zero-order valence-electron chi connectivity index (χ0n) is 15.0. The van der Waals surface area contributed by atoms with Crippen molar-refractivity contribution in [2.75, 3.05) is 17.7 Å². The predicted molar refractivity (Wildman–Crippen MR) is 99.5 cm³/mol. The lowest BCUT2D eigenvalue weighted by atomic mass is 10.2. The van der Waals surface area contributed by atoms with Gasteiger partial charge in [-0.3, -0.25) is 4.79 Å². The van der Waals surface area contributed by atoms with E-state index < -0.39 is 28.9 Å². The van der Waals surface area contributed by atoms with Gasteiger partial charge in [0.15, 0.2) is 17.5 Å². The van der Waals surface area contributed by atoms with E-state index in [4.69, 9.17) is 4.74 Å². The van der Waals surface area contributed by atoms with Gasteiger partial charge in [0.25, 0.3) is 5.91 Å². The Morgan fingerprint density at radius 3 is 2.50 bits per heavy atom. The number of hydrogen-bond acceptors (Lipinski definition) is 4. The van der Waals surface area contributed by atoms with Crippen molar-refractivity contribution in [3.8, 4) is 5.75 Å². The van der Waals surface area contributed by atoms with Crippen molar-refractivity contribution in [1.82, 2.24) is 4.98 Å². The summed E-state index contributed by atoms with van der Waals surface area (Å²) >= 11 is 0. The molecule has 8 heteroatoms. The van der Waals surface area contributed by atoms with Crippen molar-refractivity contribution >= 4 is 23.1 Å². The molecule has 0 radical (unpaired) electrons. The highest BCUT2D eigenvalue weighted by Gasteiger charge is 2.19. The molecule has 0 atom stereocenters. The van der Waals surface area contributed by atoms with E-state index in [1.807, 2.05) is 25.1 Å². The number of ether oxygens (including phenoxy) is 1. The van der Waals surface area contributed by atoms with E-state index in [0.29, 0.717) is 17.5 Å². The zero-order chi connectivity index (χ0) is 20.3. The summed E-state index contributed by atoms with van der Waals surface area (Å²) < 4.78 is 45.3. The summed E-state index contributed by atoms with van der Waals surface area (Å²) in [6, 6.07) is 10.3. The Bertz CT molecular complexity index is 1020. The summed E-state index contributed by atoms with van der Waals surface area (Å²) in [6.07, 6.45) is 1.46. The van der Waals surface area contributed by atoms with Crippen LogP contribution < -0.4 is 15.4 Å². The Kier molecular flexibility index (Phi) is 5.49. The number of pyridine rings is 1. The first-order valence-corrected chi connectivity index (χ1v) is 8.21. The number of aromatic nitrogens is 1. The molecule has 3 rings (SSSR count). The van der Waals surface area contributed by atoms with Crippen LogP contribution in [0.3, 0.4) is 0 Å². The topological polar surface area (TPSA) is 63.2 Å². The molecular formula is C20H16F3N3O2. The first kappa shape index (κ1) is 19.2. The van der Waals surface area contributed by atoms with Gasteiger partial charge in [-0.15, -0.1) is 0 Å². The zero-order valence-corrected chi connectivity index (χ0v) is 15.0. The maximum absolute atomic E-state index is 13.7. The van der Waals surface area contributed by atoms with Crippen LogP contribution in [0.4, 0.5) is 30.4 Å². The van der Waals surface area contributed by atoms with E-state index in [1.165, 1.54) is 12.3 Å². The van der Waals surface area contributed by atoms with Gasteiger partial charge in [0, 0.05) is 0 Å². The molecule has 3 aromatic rings. The van der Waals surface area contributed by atoms with Gasteiger partial charge in [-0.05, 0) is 48.9 Å². The number of methoxy groups -OCH3 is 1. The molecule has 1 heterocycles. The van der Waals surface area contributed by atoms with Crippen LogP contribution in [0.25, 0.3) is 0 Å². The molecule has 5 nitrogen and oxygen atoms in total. The fraction of sp³-hybridized carbons (Fsp3) is 0.100. The lowest BCUT2D eigenvalue weighted by Crippen LogP contribution is -2.16. The summed E-state index contributed by atoms with van der Waals surface area (Å²) in [4.78, 5) is 16.1. The van der Waals surface area contributed by atoms with Crippen LogP contribution in [0.1, 0.15) is 15.9 Å². The van der Waals surface area contributed by atoms with Crippen molar-refractivity contribution in [2.24, 2.45) is 0 Å². The minimum atomic E-state index is -1.70. The maximum Gasteiger partial charge on any atom is 0.259 e. The van der Waals surface area contributed by atoms with E-state index in [9.17, 15) is 18.0 Å². The third-order valence-electron chi connectivity index (χ3n) is 3.92. The van der Waals surface area contributed by atoms with E-state index in [2.05, 4.69) is 15.6 Å². The van der Waals surface area contributed by atoms with E-state index >= 15 is 0 Å². The number of amides is 1. The molecule has 0 aliphatic rings. The molecule has 1 aromatic heterocycles. The number of anilines is 3. The Morgan fingerprint density at radius 2 is 1.82 bits per heavy atom. The van der Waals surface area contributed by atoms with Crippen LogP contribution >= 0.6 is 0 Å². The van der Waals surface area contributed by atoms with Crippen LogP contribution in [-0.4, -0.2) is 18.0 Å². The summed E-state index contributed by atoms with van der Waals surface area (Å²) in [5.41, 5.74) is 1.78. The fourth-order valence-electron chi connectivity index (χ4n) is 2.50. The average molecular weight is 387 g/mol. The first-order chi connectivity index (χ1) is 13.4. The Hall–Kier alpha value is -3.55. The summed E-state index contributed by atoms with van der Waals surface area (Å²) in [5.74, 6) is -4.79. The van der Waals surface area contributed by atoms with Gasteiger partial charge in [0.05, 0.1) is 30.2 Å². The van der Waals surface area contributed by atoms with Gasteiger partial charge < -0.3 is 15.4 Å². The molecule has 28 heavy (non-hydrogen) atoms. The van der Waals surface area contributed by atoms with Gasteiger partial charge in [0.1, 0.15) is 11.6 Å². The summed E-state index contributed by atoms with van der Waals surface area (Å²) in [7, 11) is 1.56. The molecule has 0 fully saturated rings. The number of carbonyl (C=O) groups excluding carboxylic acids is 1. The Labute approximate surface area is 159 Å². The van der Waals surface area contributed by atoms with Crippen molar-refractivity contribution in [1.29, 1.82) is 0 Å². The molecule has 2 N–H and O–H groups in total. The fourth-order valence-corrected chi connectivity index (χ4v) is 2.50. The number of nitrogens with zero attached hydrogens (tertiary/aromatic N) is 1. The normalized spacial score (nSPS) is 10.5. The van der Waals surface area contributed by atoms with Crippen molar-refractivity contribution in [2.45, 2.75) is 6.92 Å². The summed E-state index contributed by atoms with van der Waals surface area (Å²) in [6.45, 7) is 1.94. The van der Waals surface area contributed by atoms with Crippen molar-refractivity contribution < 1.29 is 22.7 Å². The molecular weight excluding hydrogens is 371 g/mol. The molecule has 144 valence electrons. The van der Waals surface area contributed by atoms with Gasteiger partial charge >= 0.3 is 0 Å². The van der Waals surface area contributed by atoms with E-state index in [0.717, 1.165) is 17.3 Å². The van der Waals surface area contributed by atoms with Crippen molar-refractivity contribution in [3.05, 3.63) is 77.2 Å². The third kappa shape index (κ3) is 4.06. The van der Waals surface area contributed by atoms with Crippen LogP contribution in [0.5, 0.6) is 5.75 Å². The highest BCUT2D eigenvalue weighted by Crippen LogP contribution is 2.28. The molecule has 0 spiro atoms. The molecule has 0 unspecified atom stereocenters. The number of rotatable bonds is 5.